The van der Waals surface area contributed by atoms with Crippen molar-refractivity contribution in [1.82, 2.24) is 10.3 Å². The first kappa shape index (κ1) is 29.6. The Hall–Kier alpha value is -4.87. The topological polar surface area (TPSA) is 123 Å². The summed E-state index contributed by atoms with van der Waals surface area (Å²) in [6.45, 7) is 1.94. The minimum Gasteiger partial charge on any atom is -0.497 e. The Morgan fingerprint density at radius 2 is 1.84 bits per heavy atom. The van der Waals surface area contributed by atoms with Gasteiger partial charge in [0, 0.05) is 22.2 Å². The lowest BCUT2D eigenvalue weighted by atomic mass is 10.2. The number of hydrogen-bond donors (Lipinski definition) is 3. The molecular weight excluding hydrogens is 585 g/mol. The number of thioether (sulfide) groups is 1. The molecular formula is C32H28N4O5S2. The fourth-order valence-electron chi connectivity index (χ4n) is 4.06. The van der Waals surface area contributed by atoms with Gasteiger partial charge in [-0.1, -0.05) is 42.5 Å². The maximum absolute atomic E-state index is 13.3. The van der Waals surface area contributed by atoms with Crippen LogP contribution in [-0.4, -0.2) is 35.1 Å². The van der Waals surface area contributed by atoms with Crippen molar-refractivity contribution in [2.75, 3.05) is 17.7 Å². The standard InChI is InChI=1S/C32H28N4O5S2/c1-3-27(31(39)36-32-35-25-15-14-22(40-2)19-28(25)43-32)42-24-13-7-11-21(17-24)33-30(38)26(18-23-12-8-16-41-23)34-29(37)20-9-5-4-6-10-20/h4-19,27H,3H2,1-2H3,(H,33,38)(H,34,37)(H,35,36,39)/b26-18-. The number of methoxy groups -OCH3 is 1. The van der Waals surface area contributed by atoms with Crippen LogP contribution in [0.2, 0.25) is 0 Å². The molecule has 3 amide bonds. The highest BCUT2D eigenvalue weighted by Crippen LogP contribution is 2.32. The fraction of sp³-hybridized carbons (Fsp3) is 0.125. The van der Waals surface area contributed by atoms with Gasteiger partial charge in [-0.05, 0) is 67.1 Å². The molecule has 3 N–H and O–H groups in total. The minimum absolute atomic E-state index is 0.0149. The monoisotopic (exact) mass is 612 g/mol. The maximum Gasteiger partial charge on any atom is 0.272 e. The molecule has 0 aliphatic carbocycles. The average Bonchev–Trinajstić information content (AvgIpc) is 3.69. The van der Waals surface area contributed by atoms with E-state index >= 15 is 0 Å². The Morgan fingerprint density at radius 3 is 2.58 bits per heavy atom. The van der Waals surface area contributed by atoms with Crippen LogP contribution >= 0.6 is 23.1 Å². The molecule has 1 atom stereocenters. The summed E-state index contributed by atoms with van der Waals surface area (Å²) in [6.07, 6.45) is 3.52. The van der Waals surface area contributed by atoms with E-state index in [4.69, 9.17) is 9.15 Å². The second kappa shape index (κ2) is 13.9. The first-order valence-corrected chi connectivity index (χ1v) is 15.1. The summed E-state index contributed by atoms with van der Waals surface area (Å²) in [5.41, 5.74) is 1.71. The Labute approximate surface area is 256 Å². The molecule has 1 unspecified atom stereocenters. The molecule has 5 rings (SSSR count). The molecule has 43 heavy (non-hydrogen) atoms. The number of aromatic nitrogens is 1. The molecule has 5 aromatic rings. The van der Waals surface area contributed by atoms with Gasteiger partial charge in [0.1, 0.15) is 17.2 Å². The maximum atomic E-state index is 13.3. The second-order valence-corrected chi connectivity index (χ2v) is 11.5. The summed E-state index contributed by atoms with van der Waals surface area (Å²) in [4.78, 5) is 44.6. The summed E-state index contributed by atoms with van der Waals surface area (Å²) >= 11 is 2.77. The van der Waals surface area contributed by atoms with Crippen LogP contribution in [0.15, 0.2) is 106 Å². The zero-order chi connectivity index (χ0) is 30.2. The smallest absolute Gasteiger partial charge is 0.272 e. The van der Waals surface area contributed by atoms with Gasteiger partial charge in [-0.15, -0.1) is 11.8 Å². The van der Waals surface area contributed by atoms with Crippen LogP contribution in [0.3, 0.4) is 0 Å². The number of fused-ring (bicyclic) bond motifs is 1. The van der Waals surface area contributed by atoms with Crippen LogP contribution in [0, 0.1) is 0 Å². The lowest BCUT2D eigenvalue weighted by Crippen LogP contribution is -2.30. The highest BCUT2D eigenvalue weighted by molar-refractivity contribution is 8.00. The van der Waals surface area contributed by atoms with E-state index in [9.17, 15) is 14.4 Å². The van der Waals surface area contributed by atoms with Crippen LogP contribution in [0.25, 0.3) is 16.3 Å². The van der Waals surface area contributed by atoms with Crippen LogP contribution < -0.4 is 20.7 Å². The summed E-state index contributed by atoms with van der Waals surface area (Å²) in [5.74, 6) is 0.0132. The normalized spacial score (nSPS) is 12.0. The third-order valence-electron chi connectivity index (χ3n) is 6.22. The first-order valence-electron chi connectivity index (χ1n) is 13.4. The van der Waals surface area contributed by atoms with E-state index in [0.29, 0.717) is 28.6 Å². The summed E-state index contributed by atoms with van der Waals surface area (Å²) in [6, 6.07) is 24.7. The van der Waals surface area contributed by atoms with Gasteiger partial charge in [0.25, 0.3) is 11.8 Å². The predicted molar refractivity (Wildman–Crippen MR) is 170 cm³/mol. The first-order chi connectivity index (χ1) is 20.9. The number of carbonyl (C=O) groups excluding carboxylic acids is 3. The van der Waals surface area contributed by atoms with Crippen molar-refractivity contribution in [2.45, 2.75) is 23.5 Å². The highest BCUT2D eigenvalue weighted by atomic mass is 32.2. The van der Waals surface area contributed by atoms with Gasteiger partial charge in [0.15, 0.2) is 5.13 Å². The molecule has 2 aromatic heterocycles. The van der Waals surface area contributed by atoms with E-state index in [1.54, 1.807) is 67.8 Å². The summed E-state index contributed by atoms with van der Waals surface area (Å²) < 4.78 is 11.6. The van der Waals surface area contributed by atoms with Gasteiger partial charge in [-0.2, -0.15) is 0 Å². The van der Waals surface area contributed by atoms with Crippen molar-refractivity contribution < 1.29 is 23.5 Å². The van der Waals surface area contributed by atoms with Gasteiger partial charge < -0.3 is 25.1 Å². The van der Waals surface area contributed by atoms with E-state index in [2.05, 4.69) is 20.9 Å². The third kappa shape index (κ3) is 7.70. The number of hydrogen-bond acceptors (Lipinski definition) is 8. The molecule has 0 bridgehead atoms. The number of amides is 3. The van der Waals surface area contributed by atoms with Gasteiger partial charge in [0.2, 0.25) is 5.91 Å². The quantitative estimate of drug-likeness (QED) is 0.111. The van der Waals surface area contributed by atoms with E-state index in [1.807, 2.05) is 31.2 Å². The van der Waals surface area contributed by atoms with Crippen molar-refractivity contribution in [1.29, 1.82) is 0 Å². The number of thiazole rings is 1. The second-order valence-electron chi connectivity index (χ2n) is 9.23. The fourth-order valence-corrected chi connectivity index (χ4v) is 5.97. The summed E-state index contributed by atoms with van der Waals surface area (Å²) in [5, 5.41) is 8.58. The number of ether oxygens (including phenoxy) is 1. The molecule has 0 saturated heterocycles. The third-order valence-corrected chi connectivity index (χ3v) is 8.51. The van der Waals surface area contributed by atoms with Crippen molar-refractivity contribution >= 4 is 67.9 Å². The predicted octanol–water partition coefficient (Wildman–Crippen LogP) is 6.82. The number of nitrogens with zero attached hydrogens (tertiary/aromatic N) is 1. The van der Waals surface area contributed by atoms with Gasteiger partial charge in [-0.25, -0.2) is 4.98 Å². The zero-order valence-corrected chi connectivity index (χ0v) is 25.0. The number of anilines is 2. The number of nitrogens with one attached hydrogen (secondary N) is 3. The number of furan rings is 1. The molecule has 0 radical (unpaired) electrons. The molecule has 2 heterocycles. The average molecular weight is 613 g/mol. The molecule has 0 saturated carbocycles. The van der Waals surface area contributed by atoms with Crippen molar-refractivity contribution in [3.63, 3.8) is 0 Å². The van der Waals surface area contributed by atoms with Gasteiger partial charge in [0.05, 0.1) is 28.8 Å². The van der Waals surface area contributed by atoms with Crippen LogP contribution in [0.1, 0.15) is 29.5 Å². The van der Waals surface area contributed by atoms with Crippen LogP contribution in [-0.2, 0) is 9.59 Å². The number of rotatable bonds is 11. The van der Waals surface area contributed by atoms with Gasteiger partial charge >= 0.3 is 0 Å². The Bertz CT molecular complexity index is 1770. The highest BCUT2D eigenvalue weighted by Gasteiger charge is 2.21. The molecule has 0 aliphatic rings. The van der Waals surface area contributed by atoms with E-state index in [1.165, 1.54) is 35.4 Å². The molecule has 0 fully saturated rings. The van der Waals surface area contributed by atoms with Crippen molar-refractivity contribution in [2.24, 2.45) is 0 Å². The van der Waals surface area contributed by atoms with Gasteiger partial charge in [-0.3, -0.25) is 14.4 Å². The van der Waals surface area contributed by atoms with Crippen LogP contribution in [0.4, 0.5) is 10.8 Å². The Kier molecular flexibility index (Phi) is 9.55. The molecule has 11 heteroatoms. The van der Waals surface area contributed by atoms with Crippen molar-refractivity contribution in [3.8, 4) is 5.75 Å². The number of carbonyl (C=O) groups is 3. The molecule has 3 aromatic carbocycles. The largest absolute Gasteiger partial charge is 0.497 e. The van der Waals surface area contributed by atoms with Crippen molar-refractivity contribution in [3.05, 3.63) is 108 Å². The minimum atomic E-state index is -0.528. The zero-order valence-electron chi connectivity index (χ0n) is 23.3. The lowest BCUT2D eigenvalue weighted by molar-refractivity contribution is -0.116. The SMILES string of the molecule is CCC(Sc1cccc(NC(=O)/C(=C/c2ccco2)NC(=O)c2ccccc2)c1)C(=O)Nc1nc2ccc(OC)cc2s1. The molecule has 0 aliphatic heterocycles. The Morgan fingerprint density at radius 1 is 1.00 bits per heavy atom. The number of benzene rings is 3. The summed E-state index contributed by atoms with van der Waals surface area (Å²) in [7, 11) is 1.61. The molecule has 218 valence electrons. The molecule has 9 nitrogen and oxygen atoms in total. The van der Waals surface area contributed by atoms with E-state index in [-0.39, 0.29) is 11.6 Å². The molecule has 0 spiro atoms. The lowest BCUT2D eigenvalue weighted by Gasteiger charge is -2.15. The Balaban J connectivity index is 1.27. The van der Waals surface area contributed by atoms with Crippen LogP contribution in [0.5, 0.6) is 5.75 Å². The van der Waals surface area contributed by atoms with E-state index < -0.39 is 17.1 Å². The van der Waals surface area contributed by atoms with E-state index in [0.717, 1.165) is 20.9 Å².